The molecule has 2 unspecified atom stereocenters. The van der Waals surface area contributed by atoms with Crippen molar-refractivity contribution in [2.45, 2.75) is 50.6 Å². The predicted octanol–water partition coefficient (Wildman–Crippen LogP) is 0.531. The van der Waals surface area contributed by atoms with Gasteiger partial charge in [0.2, 0.25) is 5.91 Å². The fraction of sp³-hybridized carbons (Fsp3) is 0.909. The van der Waals surface area contributed by atoms with Crippen LogP contribution in [0, 0.1) is 0 Å². The third kappa shape index (κ3) is 3.87. The number of carbonyl (C=O) groups is 1. The second-order valence-electron chi connectivity index (χ2n) is 4.83. The summed E-state index contributed by atoms with van der Waals surface area (Å²) in [4.78, 5) is 12.0. The lowest BCUT2D eigenvalue weighted by atomic mass is 9.82. The van der Waals surface area contributed by atoms with Crippen molar-refractivity contribution in [1.29, 1.82) is 0 Å². The maximum atomic E-state index is 12.0. The van der Waals surface area contributed by atoms with E-state index in [9.17, 15) is 9.00 Å². The third-order valence-corrected chi connectivity index (χ3v) is 4.03. The van der Waals surface area contributed by atoms with Crippen LogP contribution in [-0.4, -0.2) is 33.7 Å². The standard InChI is InChI=1S/C11H22N2O2S/c1-9(8-16(2)15)13-10(14)11(12)6-4-3-5-7-11/h9H,3-8,12H2,1-2H3,(H,13,14). The first-order chi connectivity index (χ1) is 7.44. The van der Waals surface area contributed by atoms with Gasteiger partial charge in [0.15, 0.2) is 0 Å². The minimum atomic E-state index is -0.886. The van der Waals surface area contributed by atoms with Gasteiger partial charge in [-0.1, -0.05) is 19.3 Å². The largest absolute Gasteiger partial charge is 0.351 e. The van der Waals surface area contributed by atoms with Gasteiger partial charge in [-0.3, -0.25) is 9.00 Å². The van der Waals surface area contributed by atoms with Crippen LogP contribution in [0.2, 0.25) is 0 Å². The van der Waals surface area contributed by atoms with Crippen LogP contribution >= 0.6 is 0 Å². The molecule has 0 bridgehead atoms. The number of rotatable bonds is 4. The normalized spacial score (nSPS) is 23.4. The highest BCUT2D eigenvalue weighted by Gasteiger charge is 2.35. The van der Waals surface area contributed by atoms with Crippen molar-refractivity contribution in [2.24, 2.45) is 5.73 Å². The third-order valence-electron chi connectivity index (χ3n) is 3.06. The Hall–Kier alpha value is -0.420. The molecule has 3 N–H and O–H groups in total. The molecule has 5 heteroatoms. The summed E-state index contributed by atoms with van der Waals surface area (Å²) >= 11 is 0. The van der Waals surface area contributed by atoms with Crippen molar-refractivity contribution >= 4 is 16.7 Å². The number of carbonyl (C=O) groups excluding carboxylic acids is 1. The highest BCUT2D eigenvalue weighted by Crippen LogP contribution is 2.26. The maximum absolute atomic E-state index is 12.0. The lowest BCUT2D eigenvalue weighted by molar-refractivity contribution is -0.128. The van der Waals surface area contributed by atoms with Crippen molar-refractivity contribution in [1.82, 2.24) is 5.32 Å². The fourth-order valence-electron chi connectivity index (χ4n) is 2.17. The van der Waals surface area contributed by atoms with Crippen molar-refractivity contribution in [3.63, 3.8) is 0 Å². The quantitative estimate of drug-likeness (QED) is 0.760. The molecular weight excluding hydrogens is 224 g/mol. The Bertz CT molecular complexity index is 275. The van der Waals surface area contributed by atoms with E-state index in [0.29, 0.717) is 5.75 Å². The first-order valence-corrected chi connectivity index (χ1v) is 7.56. The Morgan fingerprint density at radius 1 is 1.44 bits per heavy atom. The lowest BCUT2D eigenvalue weighted by Gasteiger charge is -2.32. The van der Waals surface area contributed by atoms with E-state index in [1.807, 2.05) is 6.92 Å². The minimum absolute atomic E-state index is 0.0688. The summed E-state index contributed by atoms with van der Waals surface area (Å²) in [5.41, 5.74) is 5.40. The van der Waals surface area contributed by atoms with E-state index < -0.39 is 16.3 Å². The molecule has 0 aliphatic heterocycles. The lowest BCUT2D eigenvalue weighted by Crippen LogP contribution is -2.57. The topological polar surface area (TPSA) is 72.2 Å². The zero-order valence-corrected chi connectivity index (χ0v) is 10.9. The summed E-state index contributed by atoms with van der Waals surface area (Å²) in [7, 11) is -0.886. The van der Waals surface area contributed by atoms with Crippen molar-refractivity contribution in [2.75, 3.05) is 12.0 Å². The summed E-state index contributed by atoms with van der Waals surface area (Å²) in [5, 5.41) is 2.86. The Labute approximate surface area is 99.8 Å². The molecule has 2 atom stereocenters. The molecule has 16 heavy (non-hydrogen) atoms. The molecule has 94 valence electrons. The molecule has 0 aromatic carbocycles. The van der Waals surface area contributed by atoms with Gasteiger partial charge in [0.25, 0.3) is 0 Å². The molecule has 0 radical (unpaired) electrons. The molecule has 1 amide bonds. The molecule has 0 saturated heterocycles. The van der Waals surface area contributed by atoms with Gasteiger partial charge < -0.3 is 11.1 Å². The van der Waals surface area contributed by atoms with E-state index in [-0.39, 0.29) is 11.9 Å². The molecule has 1 saturated carbocycles. The first kappa shape index (κ1) is 13.6. The average Bonchev–Trinajstić information content (AvgIpc) is 2.17. The Morgan fingerprint density at radius 2 is 2.00 bits per heavy atom. The summed E-state index contributed by atoms with van der Waals surface area (Å²) in [5.74, 6) is 0.409. The minimum Gasteiger partial charge on any atom is -0.351 e. The van der Waals surface area contributed by atoms with Gasteiger partial charge in [-0.2, -0.15) is 0 Å². The SMILES string of the molecule is CC(CS(C)=O)NC(=O)C1(N)CCCCC1. The molecule has 0 aromatic rings. The molecular formula is C11H22N2O2S. The van der Waals surface area contributed by atoms with Gasteiger partial charge >= 0.3 is 0 Å². The summed E-state index contributed by atoms with van der Waals surface area (Å²) in [6, 6.07) is -0.0688. The zero-order valence-electron chi connectivity index (χ0n) is 10.1. The maximum Gasteiger partial charge on any atom is 0.240 e. The Morgan fingerprint density at radius 3 is 2.50 bits per heavy atom. The van der Waals surface area contributed by atoms with E-state index in [4.69, 9.17) is 5.73 Å². The van der Waals surface area contributed by atoms with Gasteiger partial charge in [0.1, 0.15) is 0 Å². The van der Waals surface area contributed by atoms with Crippen LogP contribution in [-0.2, 0) is 15.6 Å². The number of hydrogen-bond acceptors (Lipinski definition) is 3. The van der Waals surface area contributed by atoms with Crippen molar-refractivity contribution < 1.29 is 9.00 Å². The number of nitrogens with one attached hydrogen (secondary N) is 1. The van der Waals surface area contributed by atoms with Gasteiger partial charge in [-0.25, -0.2) is 0 Å². The zero-order chi connectivity index (χ0) is 12.2. The summed E-state index contributed by atoms with van der Waals surface area (Å²) < 4.78 is 11.0. The number of nitrogens with two attached hydrogens (primary N) is 1. The molecule has 4 nitrogen and oxygen atoms in total. The molecule has 1 rings (SSSR count). The molecule has 0 aromatic heterocycles. The van der Waals surface area contributed by atoms with Gasteiger partial charge in [0.05, 0.1) is 5.54 Å². The van der Waals surface area contributed by atoms with Crippen LogP contribution in [0.4, 0.5) is 0 Å². The van der Waals surface area contributed by atoms with Crippen molar-refractivity contribution in [3.8, 4) is 0 Å². The highest BCUT2D eigenvalue weighted by atomic mass is 32.2. The highest BCUT2D eigenvalue weighted by molar-refractivity contribution is 7.84. The van der Waals surface area contributed by atoms with Crippen LogP contribution in [0.15, 0.2) is 0 Å². The summed E-state index contributed by atoms with van der Waals surface area (Å²) in [6.45, 7) is 1.87. The van der Waals surface area contributed by atoms with Crippen molar-refractivity contribution in [3.05, 3.63) is 0 Å². The van der Waals surface area contributed by atoms with Crippen LogP contribution in [0.3, 0.4) is 0 Å². The number of amides is 1. The molecule has 1 aliphatic carbocycles. The summed E-state index contributed by atoms with van der Waals surface area (Å²) in [6.07, 6.45) is 6.39. The monoisotopic (exact) mass is 246 g/mol. The first-order valence-electron chi connectivity index (χ1n) is 5.84. The van der Waals surface area contributed by atoms with E-state index in [1.165, 1.54) is 6.42 Å². The van der Waals surface area contributed by atoms with Gasteiger partial charge in [0, 0.05) is 28.9 Å². The van der Waals surface area contributed by atoms with E-state index in [2.05, 4.69) is 5.32 Å². The second-order valence-corrected chi connectivity index (χ2v) is 6.31. The smallest absolute Gasteiger partial charge is 0.240 e. The Balaban J connectivity index is 2.47. The number of hydrogen-bond donors (Lipinski definition) is 2. The van der Waals surface area contributed by atoms with E-state index in [0.717, 1.165) is 25.7 Å². The second kappa shape index (κ2) is 5.77. The molecule has 1 fully saturated rings. The van der Waals surface area contributed by atoms with Crippen LogP contribution in [0.5, 0.6) is 0 Å². The molecule has 0 spiro atoms. The van der Waals surface area contributed by atoms with Crippen LogP contribution in [0.25, 0.3) is 0 Å². The molecule has 0 heterocycles. The van der Waals surface area contributed by atoms with Gasteiger partial charge in [-0.05, 0) is 19.8 Å². The Kier molecular flexibility index (Phi) is 4.92. The van der Waals surface area contributed by atoms with E-state index >= 15 is 0 Å². The predicted molar refractivity (Wildman–Crippen MR) is 66.5 cm³/mol. The van der Waals surface area contributed by atoms with Gasteiger partial charge in [-0.15, -0.1) is 0 Å². The van der Waals surface area contributed by atoms with Crippen LogP contribution < -0.4 is 11.1 Å². The van der Waals surface area contributed by atoms with Crippen LogP contribution in [0.1, 0.15) is 39.0 Å². The molecule has 1 aliphatic rings. The van der Waals surface area contributed by atoms with E-state index in [1.54, 1.807) is 6.26 Å². The average molecular weight is 246 g/mol. The fourth-order valence-corrected chi connectivity index (χ4v) is 2.96.